The van der Waals surface area contributed by atoms with Gasteiger partial charge in [0, 0.05) is 156 Å². The van der Waals surface area contributed by atoms with Gasteiger partial charge in [0.25, 0.3) is 0 Å². The van der Waals surface area contributed by atoms with E-state index in [1.165, 1.54) is 0 Å². The Hall–Kier alpha value is 3.49. The number of carbonyl (C=O) groups excluding carboxylic acids is 1. The fraction of sp³-hybridized carbons (Fsp3) is 0.857. The van der Waals surface area contributed by atoms with Crippen molar-refractivity contribution in [3.05, 3.63) is 11.1 Å². The van der Waals surface area contributed by atoms with E-state index >= 15 is 0 Å². The predicted octanol–water partition coefficient (Wildman–Crippen LogP) is -0.0785. The first-order valence-electron chi connectivity index (χ1n) is 10.1. The zero-order valence-electron chi connectivity index (χ0n) is 18.9. The van der Waals surface area contributed by atoms with E-state index in [9.17, 15) is 30.3 Å². The summed E-state index contributed by atoms with van der Waals surface area (Å²) in [5, 5.41) is 56.1. The fourth-order valence-electron chi connectivity index (χ4n) is 7.00. The minimum absolute atomic E-state index is 0. The number of aliphatic hydroxyl groups excluding tert-OH is 3. The van der Waals surface area contributed by atoms with Gasteiger partial charge in [0.05, 0.1) is 35.9 Å². The first kappa shape index (κ1) is 32.5. The summed E-state index contributed by atoms with van der Waals surface area (Å²) in [5.41, 5.74) is -4.54. The van der Waals surface area contributed by atoms with E-state index in [-0.39, 0.29) is 152 Å². The minimum Gasteiger partial charge on any atom is -0.392 e. The van der Waals surface area contributed by atoms with Crippen LogP contribution in [0.15, 0.2) is 11.1 Å². The predicted molar refractivity (Wildman–Crippen MR) is 99.1 cm³/mol. The van der Waals surface area contributed by atoms with E-state index < -0.39 is 64.1 Å². The molecular weight excluding hydrogens is 1050 g/mol. The third-order valence-electron chi connectivity index (χ3n) is 8.88. The molecule has 3 fully saturated rings. The Morgan fingerprint density at radius 1 is 1.03 bits per heavy atom. The van der Waals surface area contributed by atoms with Crippen LogP contribution >= 0.6 is 0 Å². The fourth-order valence-corrected chi connectivity index (χ4v) is 7.00. The standard InChI is InChI=1S/C21H32O7.3Ac/c1-9-11(22)7-21(27)10(2)16-19(5,12(23)6-13-20(16,26)8-28-13)17(25)15(24)14(9)18(21,3)4;;;/h10-13,15-16,22-24,26-27H,6-8H2,1-5H3;;;/t10-,11?,12?,13?,15?,16?,19+,20?,21?;;;/m0.../s1. The van der Waals surface area contributed by atoms with E-state index in [1.54, 1.807) is 34.6 Å². The average Bonchev–Trinajstić information content (AvgIpc) is 2.60. The molecule has 7 unspecified atom stereocenters. The van der Waals surface area contributed by atoms with Gasteiger partial charge in [-0.05, 0) is 30.9 Å². The number of Topliss-reactive ketones (excluding diaryl/α,β-unsaturated/α-hetero) is 1. The molecule has 1 heterocycles. The maximum atomic E-state index is 13.6. The number of ketones is 1. The van der Waals surface area contributed by atoms with Crippen LogP contribution in [-0.4, -0.2) is 73.5 Å². The zero-order valence-corrected chi connectivity index (χ0v) is 33.1. The van der Waals surface area contributed by atoms with Crippen LogP contribution in [0.1, 0.15) is 47.5 Å². The number of hydrogen-bond donors (Lipinski definition) is 5. The topological polar surface area (TPSA) is 127 Å². The van der Waals surface area contributed by atoms with Gasteiger partial charge in [-0.2, -0.15) is 0 Å². The van der Waals surface area contributed by atoms with Crippen molar-refractivity contribution in [3.8, 4) is 0 Å². The largest absolute Gasteiger partial charge is 0.392 e. The van der Waals surface area contributed by atoms with Crippen molar-refractivity contribution in [1.29, 1.82) is 0 Å². The van der Waals surface area contributed by atoms with Gasteiger partial charge in [0.15, 0.2) is 5.78 Å². The molecule has 2 bridgehead atoms. The van der Waals surface area contributed by atoms with Gasteiger partial charge in [-0.15, -0.1) is 0 Å². The molecule has 5 N–H and O–H groups in total. The summed E-state index contributed by atoms with van der Waals surface area (Å²) in [6.45, 7) is 8.58. The molecule has 1 aliphatic heterocycles. The van der Waals surface area contributed by atoms with Crippen molar-refractivity contribution in [2.75, 3.05) is 6.61 Å². The number of carbonyl (C=O) groups is 1. The molecule has 0 aromatic carbocycles. The molecule has 3 radical (unpaired) electrons. The Morgan fingerprint density at radius 3 is 2.06 bits per heavy atom. The van der Waals surface area contributed by atoms with Crippen molar-refractivity contribution < 1.29 is 167 Å². The SMILES string of the molecule is CC1=C2C(O)C(=O)[C@]3(C)C(O)CC4OCC4(O)C3[C@H](C)C(O)(CC1O)C2(C)C.[Ac].[Ac].[Ac]. The Labute approximate surface area is 291 Å². The van der Waals surface area contributed by atoms with E-state index in [4.69, 9.17) is 4.74 Å². The van der Waals surface area contributed by atoms with Crippen LogP contribution < -0.4 is 0 Å². The first-order chi connectivity index (χ1) is 12.7. The Balaban J connectivity index is 0.00000160. The van der Waals surface area contributed by atoms with Crippen molar-refractivity contribution in [1.82, 2.24) is 0 Å². The van der Waals surface area contributed by atoms with Crippen molar-refractivity contribution in [3.63, 3.8) is 0 Å². The van der Waals surface area contributed by atoms with Gasteiger partial charge >= 0.3 is 0 Å². The number of aliphatic hydroxyl groups is 5. The number of ether oxygens (including phenoxy) is 1. The zero-order chi connectivity index (χ0) is 21.0. The molecule has 0 aromatic heterocycles. The minimum atomic E-state index is -1.58. The van der Waals surface area contributed by atoms with Crippen LogP contribution in [0.5, 0.6) is 0 Å². The summed E-state index contributed by atoms with van der Waals surface area (Å²) in [6.07, 6.45) is -4.20. The monoisotopic (exact) mass is 1080 g/mol. The van der Waals surface area contributed by atoms with Gasteiger partial charge in [0.1, 0.15) is 11.7 Å². The van der Waals surface area contributed by atoms with Crippen molar-refractivity contribution >= 4 is 5.78 Å². The van der Waals surface area contributed by atoms with Crippen LogP contribution in [0.4, 0.5) is 0 Å². The van der Waals surface area contributed by atoms with E-state index in [2.05, 4.69) is 0 Å². The third kappa shape index (κ3) is 4.15. The number of hydrogen-bond acceptors (Lipinski definition) is 7. The smallest absolute Gasteiger partial charge is 0.174 e. The van der Waals surface area contributed by atoms with Crippen LogP contribution in [0, 0.1) is 155 Å². The van der Waals surface area contributed by atoms with Crippen LogP contribution in [0.3, 0.4) is 0 Å². The maximum Gasteiger partial charge on any atom is 0.174 e. The van der Waals surface area contributed by atoms with Crippen molar-refractivity contribution in [2.45, 2.75) is 83.1 Å². The first-order valence-corrected chi connectivity index (χ1v) is 10.1. The Morgan fingerprint density at radius 2 is 1.58 bits per heavy atom. The summed E-state index contributed by atoms with van der Waals surface area (Å²) in [6, 6.07) is 0. The summed E-state index contributed by atoms with van der Waals surface area (Å²) in [5.74, 6) is -2.05. The van der Waals surface area contributed by atoms with Crippen LogP contribution in [0.25, 0.3) is 0 Å². The second-order valence-corrected chi connectivity index (χ2v) is 10.2. The average molecular weight is 1080 g/mol. The summed E-state index contributed by atoms with van der Waals surface area (Å²) < 4.78 is 5.49. The third-order valence-corrected chi connectivity index (χ3v) is 8.88. The van der Waals surface area contributed by atoms with Crippen molar-refractivity contribution in [2.24, 2.45) is 22.7 Å². The summed E-state index contributed by atoms with van der Waals surface area (Å²) in [7, 11) is 0. The molecule has 0 aromatic rings. The van der Waals surface area contributed by atoms with E-state index in [0.29, 0.717) is 11.1 Å². The van der Waals surface area contributed by atoms with Crippen LogP contribution in [-0.2, 0) is 9.53 Å². The molecule has 2 saturated carbocycles. The molecule has 3 aliphatic carbocycles. The molecule has 4 aliphatic rings. The molecule has 0 spiro atoms. The second-order valence-electron chi connectivity index (χ2n) is 10.2. The molecule has 10 heteroatoms. The van der Waals surface area contributed by atoms with Gasteiger partial charge < -0.3 is 30.3 Å². The van der Waals surface area contributed by atoms with E-state index in [1.807, 2.05) is 0 Å². The Bertz CT molecular complexity index is 774. The summed E-state index contributed by atoms with van der Waals surface area (Å²) in [4.78, 5) is 13.6. The quantitative estimate of drug-likeness (QED) is 0.215. The molecule has 1 saturated heterocycles. The van der Waals surface area contributed by atoms with E-state index in [0.717, 1.165) is 0 Å². The van der Waals surface area contributed by atoms with Gasteiger partial charge in [0.2, 0.25) is 0 Å². The number of rotatable bonds is 0. The molecule has 31 heavy (non-hydrogen) atoms. The summed E-state index contributed by atoms with van der Waals surface area (Å²) >= 11 is 0. The van der Waals surface area contributed by atoms with Crippen LogP contribution in [0.2, 0.25) is 0 Å². The van der Waals surface area contributed by atoms with Gasteiger partial charge in [-0.3, -0.25) is 4.79 Å². The second kappa shape index (κ2) is 10.3. The maximum absolute atomic E-state index is 13.6. The molecular formula is C21H32Ac3O7. The Kier molecular flexibility index (Phi) is 10.8. The molecule has 7 nitrogen and oxygen atoms in total. The normalized spacial score (nSPS) is 50.2. The molecule has 9 atom stereocenters. The van der Waals surface area contributed by atoms with Gasteiger partial charge in [-0.25, -0.2) is 0 Å². The molecule has 4 rings (SSSR count). The molecule has 0 amide bonds. The molecule has 167 valence electrons. The van der Waals surface area contributed by atoms with Gasteiger partial charge in [-0.1, -0.05) is 20.8 Å². The number of fused-ring (bicyclic) bond motifs is 5.